The highest BCUT2D eigenvalue weighted by molar-refractivity contribution is 9.10. The molecule has 0 saturated heterocycles. The van der Waals surface area contributed by atoms with Crippen LogP contribution in [-0.2, 0) is 32.6 Å². The fourth-order valence-electron chi connectivity index (χ4n) is 4.04. The molecule has 0 heterocycles. The van der Waals surface area contributed by atoms with Crippen molar-refractivity contribution in [3.63, 3.8) is 0 Å². The Morgan fingerprint density at radius 3 is 2.16 bits per heavy atom. The Balaban J connectivity index is 2.04. The zero-order valence-corrected chi connectivity index (χ0v) is 23.6. The number of nitrogens with zero attached hydrogens (tertiary/aromatic N) is 2. The van der Waals surface area contributed by atoms with E-state index in [-0.39, 0.29) is 12.5 Å². The van der Waals surface area contributed by atoms with Crippen LogP contribution < -0.4 is 9.62 Å². The zero-order valence-electron chi connectivity index (χ0n) is 21.2. The fraction of sp³-hybridized carbons (Fsp3) is 0.286. The van der Waals surface area contributed by atoms with Gasteiger partial charge in [0.05, 0.1) is 11.9 Å². The second kappa shape index (κ2) is 12.9. The lowest BCUT2D eigenvalue weighted by molar-refractivity contribution is -0.140. The second-order valence-electron chi connectivity index (χ2n) is 8.79. The number of aryl methyl sites for hydroxylation is 1. The van der Waals surface area contributed by atoms with Crippen molar-refractivity contribution in [2.75, 3.05) is 23.7 Å². The van der Waals surface area contributed by atoms with Crippen LogP contribution in [0.25, 0.3) is 0 Å². The number of hydrogen-bond donors (Lipinski definition) is 1. The number of likely N-dealkylation sites (N-methyl/N-ethyl adjacent to an activating group) is 1. The summed E-state index contributed by atoms with van der Waals surface area (Å²) in [5, 5.41) is 2.85. The maximum absolute atomic E-state index is 13.9. The van der Waals surface area contributed by atoms with E-state index in [9.17, 15) is 18.0 Å². The van der Waals surface area contributed by atoms with E-state index in [1.54, 1.807) is 24.3 Å². The lowest BCUT2D eigenvalue weighted by atomic mass is 10.0. The summed E-state index contributed by atoms with van der Waals surface area (Å²) < 4.78 is 27.4. The predicted molar refractivity (Wildman–Crippen MR) is 151 cm³/mol. The van der Waals surface area contributed by atoms with E-state index < -0.39 is 28.5 Å². The summed E-state index contributed by atoms with van der Waals surface area (Å²) in [6.07, 6.45) is 1.36. The molecule has 1 N–H and O–H groups in total. The Kier molecular flexibility index (Phi) is 9.88. The average molecular weight is 587 g/mol. The molecule has 0 saturated carbocycles. The average Bonchev–Trinajstić information content (AvgIpc) is 2.86. The van der Waals surface area contributed by atoms with Crippen LogP contribution in [0.4, 0.5) is 5.69 Å². The second-order valence-corrected chi connectivity index (χ2v) is 11.6. The molecule has 0 spiro atoms. The first kappa shape index (κ1) is 28.4. The lowest BCUT2D eigenvalue weighted by Gasteiger charge is -2.33. The van der Waals surface area contributed by atoms with Crippen molar-refractivity contribution >= 4 is 43.5 Å². The number of sulfonamides is 1. The van der Waals surface area contributed by atoms with E-state index in [0.29, 0.717) is 18.7 Å². The minimum Gasteiger partial charge on any atom is -0.355 e. The summed E-state index contributed by atoms with van der Waals surface area (Å²) in [7, 11) is -3.79. The first-order valence-corrected chi connectivity index (χ1v) is 14.6. The Morgan fingerprint density at radius 1 is 0.946 bits per heavy atom. The molecule has 7 nitrogen and oxygen atoms in total. The quantitative estimate of drug-likeness (QED) is 0.363. The van der Waals surface area contributed by atoms with Crippen molar-refractivity contribution in [1.82, 2.24) is 10.2 Å². The van der Waals surface area contributed by atoms with Crippen molar-refractivity contribution in [2.45, 2.75) is 32.9 Å². The van der Waals surface area contributed by atoms with E-state index in [1.165, 1.54) is 4.90 Å². The van der Waals surface area contributed by atoms with Gasteiger partial charge in [0.15, 0.2) is 0 Å². The van der Waals surface area contributed by atoms with Gasteiger partial charge in [-0.1, -0.05) is 70.5 Å². The molecule has 0 radical (unpaired) electrons. The third kappa shape index (κ3) is 7.90. The maximum atomic E-state index is 13.9. The van der Waals surface area contributed by atoms with Gasteiger partial charge in [0.2, 0.25) is 21.8 Å². The number of carbonyl (C=O) groups excluding carboxylic acids is 2. The van der Waals surface area contributed by atoms with Gasteiger partial charge in [0.25, 0.3) is 0 Å². The molecule has 1 atom stereocenters. The molecule has 0 aliphatic heterocycles. The van der Waals surface area contributed by atoms with Crippen LogP contribution in [0.15, 0.2) is 83.3 Å². The van der Waals surface area contributed by atoms with Gasteiger partial charge < -0.3 is 10.2 Å². The van der Waals surface area contributed by atoms with Crippen molar-refractivity contribution in [1.29, 1.82) is 0 Å². The van der Waals surface area contributed by atoms with Crippen LogP contribution in [0, 0.1) is 6.92 Å². The molecule has 0 aromatic heterocycles. The Bertz CT molecular complexity index is 1310. The summed E-state index contributed by atoms with van der Waals surface area (Å²) in [5.74, 6) is -0.758. The topological polar surface area (TPSA) is 86.8 Å². The van der Waals surface area contributed by atoms with Crippen LogP contribution in [0.1, 0.15) is 23.6 Å². The number of hydrogen-bond acceptors (Lipinski definition) is 4. The molecular formula is C28H32BrN3O4S. The molecule has 196 valence electrons. The predicted octanol–water partition coefficient (Wildman–Crippen LogP) is 4.30. The highest BCUT2D eigenvalue weighted by atomic mass is 79.9. The summed E-state index contributed by atoms with van der Waals surface area (Å²) in [6, 6.07) is 23.0. The number of anilines is 1. The van der Waals surface area contributed by atoms with Crippen LogP contribution >= 0.6 is 15.9 Å². The summed E-state index contributed by atoms with van der Waals surface area (Å²) in [5.41, 5.74) is 3.12. The number of rotatable bonds is 11. The maximum Gasteiger partial charge on any atom is 0.244 e. The lowest BCUT2D eigenvalue weighted by Crippen LogP contribution is -2.53. The third-order valence-corrected chi connectivity index (χ3v) is 7.69. The summed E-state index contributed by atoms with van der Waals surface area (Å²) in [4.78, 5) is 28.7. The molecule has 0 aliphatic rings. The SMILES string of the molecule is CCNC(=O)[C@H](Cc1ccccc1)N(Cc1ccccc1C)C(=O)CN(c1ccc(Br)cc1)S(C)(=O)=O. The van der Waals surface area contributed by atoms with E-state index in [2.05, 4.69) is 21.2 Å². The van der Waals surface area contributed by atoms with Gasteiger partial charge >= 0.3 is 0 Å². The van der Waals surface area contributed by atoms with E-state index >= 15 is 0 Å². The molecule has 3 aromatic rings. The van der Waals surface area contributed by atoms with Gasteiger partial charge in [-0.05, 0) is 54.8 Å². The Hall–Kier alpha value is -3.17. The highest BCUT2D eigenvalue weighted by Crippen LogP contribution is 2.23. The zero-order chi connectivity index (χ0) is 27.0. The molecule has 2 amide bonds. The largest absolute Gasteiger partial charge is 0.355 e. The first-order valence-electron chi connectivity index (χ1n) is 12.0. The minimum atomic E-state index is -3.79. The minimum absolute atomic E-state index is 0.165. The van der Waals surface area contributed by atoms with Gasteiger partial charge in [-0.15, -0.1) is 0 Å². The number of benzene rings is 3. The molecule has 0 bridgehead atoms. The standard InChI is InChI=1S/C28H32BrN3O4S/c1-4-30-28(34)26(18-22-11-6-5-7-12-22)31(19-23-13-9-8-10-21(23)2)27(33)20-32(37(3,35)36)25-16-14-24(29)15-17-25/h5-17,26H,4,18-20H2,1-3H3,(H,30,34)/t26-/m0/s1. The van der Waals surface area contributed by atoms with Gasteiger partial charge in [-0.3, -0.25) is 13.9 Å². The molecule has 3 rings (SSSR count). The van der Waals surface area contributed by atoms with Gasteiger partial charge in [0.1, 0.15) is 12.6 Å². The Labute approximate surface area is 227 Å². The molecular weight excluding hydrogens is 554 g/mol. The van der Waals surface area contributed by atoms with E-state index in [4.69, 9.17) is 0 Å². The van der Waals surface area contributed by atoms with Crippen molar-refractivity contribution in [2.24, 2.45) is 0 Å². The molecule has 0 fully saturated rings. The smallest absolute Gasteiger partial charge is 0.244 e. The number of amides is 2. The van der Waals surface area contributed by atoms with Crippen LogP contribution in [0.2, 0.25) is 0 Å². The van der Waals surface area contributed by atoms with Crippen LogP contribution in [0.3, 0.4) is 0 Å². The number of carbonyl (C=O) groups is 2. The van der Waals surface area contributed by atoms with Crippen molar-refractivity contribution in [3.8, 4) is 0 Å². The number of halogens is 1. The van der Waals surface area contributed by atoms with Crippen LogP contribution in [0.5, 0.6) is 0 Å². The Morgan fingerprint density at radius 2 is 1.57 bits per heavy atom. The molecule has 3 aromatic carbocycles. The molecule has 37 heavy (non-hydrogen) atoms. The summed E-state index contributed by atoms with van der Waals surface area (Å²) >= 11 is 3.36. The number of nitrogens with one attached hydrogen (secondary N) is 1. The van der Waals surface area contributed by atoms with Gasteiger partial charge in [-0.2, -0.15) is 0 Å². The first-order chi connectivity index (χ1) is 17.6. The molecule has 0 unspecified atom stereocenters. The monoisotopic (exact) mass is 585 g/mol. The van der Waals surface area contributed by atoms with Gasteiger partial charge in [0, 0.05) is 24.0 Å². The normalized spacial score (nSPS) is 12.0. The molecule has 0 aliphatic carbocycles. The fourth-order valence-corrected chi connectivity index (χ4v) is 5.15. The third-order valence-electron chi connectivity index (χ3n) is 6.02. The summed E-state index contributed by atoms with van der Waals surface area (Å²) in [6.45, 7) is 3.91. The van der Waals surface area contributed by atoms with Crippen molar-refractivity contribution in [3.05, 3.63) is 100 Å². The van der Waals surface area contributed by atoms with E-state index in [1.807, 2.05) is 68.4 Å². The van der Waals surface area contributed by atoms with Crippen molar-refractivity contribution < 1.29 is 18.0 Å². The molecule has 9 heteroatoms. The van der Waals surface area contributed by atoms with Gasteiger partial charge in [-0.25, -0.2) is 8.42 Å². The van der Waals surface area contributed by atoms with Crippen LogP contribution in [-0.4, -0.2) is 50.5 Å². The highest BCUT2D eigenvalue weighted by Gasteiger charge is 2.33. The van der Waals surface area contributed by atoms with E-state index in [0.717, 1.165) is 31.7 Å².